The number of aryl methyl sites for hydroxylation is 1. The first kappa shape index (κ1) is 22.8. The molecular weight excluding hydrogens is 450 g/mol. The molecule has 5 heteroatoms. The van der Waals surface area contributed by atoms with E-state index < -0.39 is 11.5 Å². The molecule has 3 unspecified atom stereocenters. The molecule has 36 heavy (non-hydrogen) atoms. The van der Waals surface area contributed by atoms with E-state index in [1.807, 2.05) is 6.07 Å². The van der Waals surface area contributed by atoms with Gasteiger partial charge in [0.2, 0.25) is 0 Å². The van der Waals surface area contributed by atoms with Gasteiger partial charge in [0.05, 0.1) is 32.7 Å². The Labute approximate surface area is 214 Å². The van der Waals surface area contributed by atoms with E-state index in [2.05, 4.69) is 43.4 Å². The molecule has 7 rings (SSSR count). The largest absolute Gasteiger partial charge is 0.493 e. The van der Waals surface area contributed by atoms with Crippen molar-refractivity contribution in [3.05, 3.63) is 59.2 Å². The monoisotopic (exact) mass is 488 g/mol. The summed E-state index contributed by atoms with van der Waals surface area (Å²) in [5.74, 6) is 2.64. The first-order valence-electron chi connectivity index (χ1n) is 13.9. The van der Waals surface area contributed by atoms with Crippen LogP contribution in [0.3, 0.4) is 0 Å². The maximum atomic E-state index is 13.5. The highest BCUT2D eigenvalue weighted by molar-refractivity contribution is 5.90. The lowest BCUT2D eigenvalue weighted by Crippen LogP contribution is -2.81. The van der Waals surface area contributed by atoms with Crippen molar-refractivity contribution < 1.29 is 23.5 Å². The van der Waals surface area contributed by atoms with Gasteiger partial charge in [0, 0.05) is 37.4 Å². The number of hydrogen-bond acceptors (Lipinski definition) is 4. The molecule has 0 aromatic heterocycles. The summed E-state index contributed by atoms with van der Waals surface area (Å²) in [6, 6.07) is 15.3. The quantitative estimate of drug-likeness (QED) is 0.402. The van der Waals surface area contributed by atoms with Crippen molar-refractivity contribution in [3.63, 3.8) is 0 Å². The topological polar surface area (TPSA) is 44.8 Å². The van der Waals surface area contributed by atoms with E-state index in [9.17, 15) is 4.79 Å². The molecule has 5 aliphatic rings. The standard InChI is InChI=1S/C31H38NO4/c1-32(20-22-10-11-22)17-16-30-27-23-12-13-25(34-2)28(27)36-29(30)24(33)14-15-31(30,26(32)19-23)35-18-6-9-21-7-4-3-5-8-21/h3-5,7-8,12-13,22,26,29H,6,9-11,14-20H2,1-2H3/q+1/t26?,29?,30-,31?,32+/m0/s1. The number of benzene rings is 2. The van der Waals surface area contributed by atoms with E-state index in [1.54, 1.807) is 7.11 Å². The molecule has 2 aromatic carbocycles. The molecule has 5 nitrogen and oxygen atoms in total. The third-order valence-electron chi connectivity index (χ3n) is 10.3. The fourth-order valence-electron chi connectivity index (χ4n) is 8.53. The number of ketones is 1. The fraction of sp³-hybridized carbons (Fsp3) is 0.581. The number of carbonyl (C=O) groups is 1. The molecule has 0 radical (unpaired) electrons. The fourth-order valence-corrected chi connectivity index (χ4v) is 8.53. The molecule has 190 valence electrons. The molecule has 2 heterocycles. The van der Waals surface area contributed by atoms with Crippen molar-refractivity contribution in [2.24, 2.45) is 5.92 Å². The first-order valence-corrected chi connectivity index (χ1v) is 13.9. The number of likely N-dealkylation sites (tertiary alicyclic amines) is 1. The Kier molecular flexibility index (Phi) is 5.11. The number of ether oxygens (including phenoxy) is 3. The number of likely N-dealkylation sites (N-methyl/N-ethyl adjacent to an activating group) is 1. The molecule has 1 saturated heterocycles. The van der Waals surface area contributed by atoms with Crippen LogP contribution >= 0.6 is 0 Å². The summed E-state index contributed by atoms with van der Waals surface area (Å²) in [6.45, 7) is 3.03. The lowest BCUT2D eigenvalue weighted by atomic mass is 9.48. The number of carbonyl (C=O) groups excluding carboxylic acids is 1. The summed E-state index contributed by atoms with van der Waals surface area (Å²) in [4.78, 5) is 13.5. The summed E-state index contributed by atoms with van der Waals surface area (Å²) < 4.78 is 20.7. The summed E-state index contributed by atoms with van der Waals surface area (Å²) in [7, 11) is 4.17. The minimum atomic E-state index is -0.456. The van der Waals surface area contributed by atoms with E-state index in [4.69, 9.17) is 14.2 Å². The van der Waals surface area contributed by atoms with Crippen LogP contribution in [-0.2, 0) is 27.8 Å². The highest BCUT2D eigenvalue weighted by atomic mass is 16.5. The average molecular weight is 489 g/mol. The van der Waals surface area contributed by atoms with Gasteiger partial charge in [0.15, 0.2) is 23.4 Å². The number of piperidine rings is 1. The van der Waals surface area contributed by atoms with Crippen LogP contribution in [0.4, 0.5) is 0 Å². The van der Waals surface area contributed by atoms with Gasteiger partial charge in [-0.2, -0.15) is 0 Å². The van der Waals surface area contributed by atoms with Crippen molar-refractivity contribution in [2.75, 3.05) is 33.9 Å². The van der Waals surface area contributed by atoms with E-state index in [0.29, 0.717) is 19.1 Å². The van der Waals surface area contributed by atoms with Crippen LogP contribution < -0.4 is 9.47 Å². The predicted molar refractivity (Wildman–Crippen MR) is 138 cm³/mol. The van der Waals surface area contributed by atoms with Crippen LogP contribution in [0.25, 0.3) is 0 Å². The zero-order valence-electron chi connectivity index (χ0n) is 21.6. The third-order valence-corrected chi connectivity index (χ3v) is 10.3. The Morgan fingerprint density at radius 2 is 1.94 bits per heavy atom. The van der Waals surface area contributed by atoms with Gasteiger partial charge in [0.25, 0.3) is 0 Å². The highest BCUT2D eigenvalue weighted by Crippen LogP contribution is 2.67. The molecule has 5 atom stereocenters. The van der Waals surface area contributed by atoms with E-state index in [-0.39, 0.29) is 11.4 Å². The van der Waals surface area contributed by atoms with Gasteiger partial charge < -0.3 is 18.7 Å². The summed E-state index contributed by atoms with van der Waals surface area (Å²) >= 11 is 0. The summed E-state index contributed by atoms with van der Waals surface area (Å²) in [5.41, 5.74) is 3.15. The van der Waals surface area contributed by atoms with Crippen molar-refractivity contribution in [3.8, 4) is 11.5 Å². The van der Waals surface area contributed by atoms with Crippen molar-refractivity contribution in [2.45, 2.75) is 74.5 Å². The number of nitrogens with zero attached hydrogens (tertiary/aromatic N) is 1. The molecule has 0 N–H and O–H groups in total. The summed E-state index contributed by atoms with van der Waals surface area (Å²) in [6.07, 6.45) is 7.53. The average Bonchev–Trinajstić information content (AvgIpc) is 3.63. The maximum Gasteiger partial charge on any atom is 0.174 e. The van der Waals surface area contributed by atoms with Crippen molar-refractivity contribution >= 4 is 5.78 Å². The Hall–Kier alpha value is -2.37. The molecule has 2 aliphatic heterocycles. The zero-order valence-corrected chi connectivity index (χ0v) is 21.6. The lowest BCUT2D eigenvalue weighted by molar-refractivity contribution is -0.950. The minimum absolute atomic E-state index is 0.238. The van der Waals surface area contributed by atoms with Gasteiger partial charge in [0.1, 0.15) is 11.6 Å². The second-order valence-electron chi connectivity index (χ2n) is 12.2. The maximum absolute atomic E-state index is 13.5. The van der Waals surface area contributed by atoms with Gasteiger partial charge >= 0.3 is 0 Å². The zero-order chi connectivity index (χ0) is 24.5. The minimum Gasteiger partial charge on any atom is -0.493 e. The van der Waals surface area contributed by atoms with Gasteiger partial charge in [-0.3, -0.25) is 4.79 Å². The number of rotatable bonds is 8. The van der Waals surface area contributed by atoms with E-state index >= 15 is 0 Å². The lowest BCUT2D eigenvalue weighted by Gasteiger charge is -2.66. The van der Waals surface area contributed by atoms with Crippen LogP contribution in [-0.4, -0.2) is 61.9 Å². The van der Waals surface area contributed by atoms with Gasteiger partial charge in [-0.15, -0.1) is 0 Å². The molecule has 2 saturated carbocycles. The number of hydrogen-bond donors (Lipinski definition) is 0. The summed E-state index contributed by atoms with van der Waals surface area (Å²) in [5, 5.41) is 0. The van der Waals surface area contributed by atoms with Crippen LogP contribution in [0, 0.1) is 5.92 Å². The van der Waals surface area contributed by atoms with E-state index in [0.717, 1.165) is 60.5 Å². The molecule has 2 bridgehead atoms. The molecule has 3 fully saturated rings. The van der Waals surface area contributed by atoms with Crippen LogP contribution in [0.5, 0.6) is 11.5 Å². The Morgan fingerprint density at radius 3 is 2.72 bits per heavy atom. The third kappa shape index (κ3) is 3.05. The number of methoxy groups -OCH3 is 1. The Balaban J connectivity index is 1.31. The second kappa shape index (κ2) is 8.06. The Morgan fingerprint density at radius 1 is 1.11 bits per heavy atom. The molecule has 3 aliphatic carbocycles. The number of Topliss-reactive ketones (excluding diaryl/α,β-unsaturated/α-hetero) is 1. The second-order valence-corrected chi connectivity index (χ2v) is 12.2. The van der Waals surface area contributed by atoms with Gasteiger partial charge in [-0.25, -0.2) is 0 Å². The smallest absolute Gasteiger partial charge is 0.174 e. The van der Waals surface area contributed by atoms with Crippen LogP contribution in [0.2, 0.25) is 0 Å². The van der Waals surface area contributed by atoms with E-state index in [1.165, 1.54) is 36.1 Å². The van der Waals surface area contributed by atoms with Crippen LogP contribution in [0.15, 0.2) is 42.5 Å². The predicted octanol–water partition coefficient (Wildman–Crippen LogP) is 4.63. The molecular formula is C31H38NO4+. The van der Waals surface area contributed by atoms with Gasteiger partial charge in [-0.1, -0.05) is 36.4 Å². The van der Waals surface area contributed by atoms with Crippen LogP contribution in [0.1, 0.15) is 55.2 Å². The van der Waals surface area contributed by atoms with Crippen molar-refractivity contribution in [1.29, 1.82) is 0 Å². The molecule has 2 aromatic rings. The highest BCUT2D eigenvalue weighted by Gasteiger charge is 2.77. The normalized spacial score (nSPS) is 35.8. The van der Waals surface area contributed by atoms with Gasteiger partial charge in [-0.05, 0) is 49.3 Å². The SMILES string of the molecule is COc1ccc2c3c1OC1C(=O)CCC4(OCCCc5ccccc5)C(C2)[N@@+](C)(CC2CC2)CC[C@]314. The molecule has 0 amide bonds. The number of quaternary nitrogens is 1. The Bertz CT molecular complexity index is 1190. The van der Waals surface area contributed by atoms with Crippen molar-refractivity contribution in [1.82, 2.24) is 0 Å². The first-order chi connectivity index (χ1) is 17.5. The molecule has 1 spiro atoms.